The predicted molar refractivity (Wildman–Crippen MR) is 81.2 cm³/mol. The van der Waals surface area contributed by atoms with Gasteiger partial charge in [0.05, 0.1) is 0 Å². The number of hydrogen-bond donors (Lipinski definition) is 2. The maximum Gasteiger partial charge on any atom is 0.231 e. The lowest BCUT2D eigenvalue weighted by atomic mass is 9.99. The minimum absolute atomic E-state index is 0.0502. The van der Waals surface area contributed by atoms with Crippen molar-refractivity contribution in [2.24, 2.45) is 5.92 Å². The molecule has 1 aliphatic heterocycles. The summed E-state index contributed by atoms with van der Waals surface area (Å²) in [6.45, 7) is 6.53. The van der Waals surface area contributed by atoms with Gasteiger partial charge >= 0.3 is 0 Å². The average molecular weight is 276 g/mol. The lowest BCUT2D eigenvalue weighted by molar-refractivity contribution is 0.490. The fourth-order valence-corrected chi connectivity index (χ4v) is 2.79. The number of aromatic nitrogens is 3. The highest BCUT2D eigenvalue weighted by molar-refractivity contribution is 5.45. The monoisotopic (exact) mass is 276 g/mol. The van der Waals surface area contributed by atoms with E-state index in [9.17, 15) is 0 Å². The molecule has 0 amide bonds. The van der Waals surface area contributed by atoms with Crippen LogP contribution in [0.25, 0.3) is 0 Å². The van der Waals surface area contributed by atoms with E-state index in [0.29, 0.717) is 11.9 Å². The fourth-order valence-electron chi connectivity index (χ4n) is 2.79. The molecule has 0 aromatic carbocycles. The Hall–Kier alpha value is -1.59. The van der Waals surface area contributed by atoms with Crippen molar-refractivity contribution in [2.75, 3.05) is 35.7 Å². The maximum absolute atomic E-state index is 4.61. The van der Waals surface area contributed by atoms with E-state index in [2.05, 4.69) is 44.3 Å². The zero-order valence-electron chi connectivity index (χ0n) is 12.6. The van der Waals surface area contributed by atoms with Crippen molar-refractivity contribution >= 4 is 17.8 Å². The Morgan fingerprint density at radius 1 is 1.05 bits per heavy atom. The van der Waals surface area contributed by atoms with Gasteiger partial charge in [0.1, 0.15) is 0 Å². The van der Waals surface area contributed by atoms with Gasteiger partial charge in [0.2, 0.25) is 17.8 Å². The second-order valence-electron chi connectivity index (χ2n) is 6.35. The zero-order chi connectivity index (χ0) is 14.2. The molecule has 2 aliphatic rings. The lowest BCUT2D eigenvalue weighted by Gasteiger charge is -2.27. The molecule has 2 fully saturated rings. The molecular formula is C14H24N6. The van der Waals surface area contributed by atoms with E-state index in [4.69, 9.17) is 0 Å². The van der Waals surface area contributed by atoms with Crippen LogP contribution in [-0.2, 0) is 0 Å². The number of anilines is 3. The molecule has 0 unspecified atom stereocenters. The molecule has 6 nitrogen and oxygen atoms in total. The molecule has 1 aromatic rings. The average Bonchev–Trinajstić information content (AvgIpc) is 3.15. The van der Waals surface area contributed by atoms with Crippen LogP contribution < -0.4 is 15.5 Å². The molecule has 0 radical (unpaired) electrons. The summed E-state index contributed by atoms with van der Waals surface area (Å²) in [6.07, 6.45) is 5.03. The third-order valence-electron chi connectivity index (χ3n) is 4.27. The Morgan fingerprint density at radius 2 is 1.70 bits per heavy atom. The third kappa shape index (κ3) is 2.78. The van der Waals surface area contributed by atoms with Gasteiger partial charge in [-0.2, -0.15) is 15.0 Å². The Balaban J connectivity index is 1.83. The van der Waals surface area contributed by atoms with Gasteiger partial charge in [0.15, 0.2) is 0 Å². The second kappa shape index (κ2) is 5.07. The van der Waals surface area contributed by atoms with E-state index in [0.717, 1.165) is 25.0 Å². The van der Waals surface area contributed by atoms with Crippen LogP contribution in [0.3, 0.4) is 0 Å². The van der Waals surface area contributed by atoms with E-state index < -0.39 is 0 Å². The van der Waals surface area contributed by atoms with Crippen LogP contribution in [0.1, 0.15) is 39.5 Å². The van der Waals surface area contributed by atoms with E-state index >= 15 is 0 Å². The fraction of sp³-hybridized carbons (Fsp3) is 0.786. The van der Waals surface area contributed by atoms with Crippen LogP contribution in [0, 0.1) is 5.92 Å². The number of nitrogens with one attached hydrogen (secondary N) is 2. The molecular weight excluding hydrogens is 252 g/mol. The molecule has 1 aromatic heterocycles. The standard InChI is InChI=1S/C14H24N6/c1-14(2,10-6-7-10)19-12-16-11(15-3)17-13(18-12)20-8-4-5-9-20/h10H,4-9H2,1-3H3,(H2,15,16,17,18,19). The van der Waals surface area contributed by atoms with Gasteiger partial charge in [-0.3, -0.25) is 0 Å². The van der Waals surface area contributed by atoms with Crippen LogP contribution in [-0.4, -0.2) is 40.6 Å². The van der Waals surface area contributed by atoms with Gasteiger partial charge in [-0.1, -0.05) is 0 Å². The Morgan fingerprint density at radius 3 is 2.30 bits per heavy atom. The molecule has 0 spiro atoms. The van der Waals surface area contributed by atoms with Gasteiger partial charge in [-0.05, 0) is 45.4 Å². The first-order valence-electron chi connectivity index (χ1n) is 7.55. The Labute approximate surface area is 120 Å². The van der Waals surface area contributed by atoms with Gasteiger partial charge < -0.3 is 15.5 Å². The van der Waals surface area contributed by atoms with Gasteiger partial charge in [0.25, 0.3) is 0 Å². The molecule has 110 valence electrons. The molecule has 2 N–H and O–H groups in total. The van der Waals surface area contributed by atoms with Crippen LogP contribution in [0.5, 0.6) is 0 Å². The lowest BCUT2D eigenvalue weighted by Crippen LogP contribution is -2.34. The zero-order valence-corrected chi connectivity index (χ0v) is 12.6. The summed E-state index contributed by atoms with van der Waals surface area (Å²) in [7, 11) is 1.85. The van der Waals surface area contributed by atoms with Crippen molar-refractivity contribution in [1.29, 1.82) is 0 Å². The minimum atomic E-state index is 0.0502. The molecule has 3 rings (SSSR count). The molecule has 20 heavy (non-hydrogen) atoms. The van der Waals surface area contributed by atoms with E-state index in [1.807, 2.05) is 7.05 Å². The largest absolute Gasteiger partial charge is 0.357 e. The SMILES string of the molecule is CNc1nc(NC(C)(C)C2CC2)nc(N2CCCC2)n1. The number of hydrogen-bond acceptors (Lipinski definition) is 6. The Kier molecular flexibility index (Phi) is 3.40. The van der Waals surface area contributed by atoms with Crippen molar-refractivity contribution in [3.05, 3.63) is 0 Å². The molecule has 2 heterocycles. The first-order chi connectivity index (χ1) is 9.58. The van der Waals surface area contributed by atoms with Crippen LogP contribution >= 0.6 is 0 Å². The minimum Gasteiger partial charge on any atom is -0.357 e. The van der Waals surface area contributed by atoms with Crippen LogP contribution in [0.4, 0.5) is 17.8 Å². The molecule has 6 heteroatoms. The Bertz CT molecular complexity index is 477. The quantitative estimate of drug-likeness (QED) is 0.858. The highest BCUT2D eigenvalue weighted by Crippen LogP contribution is 2.40. The van der Waals surface area contributed by atoms with Crippen LogP contribution in [0.2, 0.25) is 0 Å². The van der Waals surface area contributed by atoms with Crippen molar-refractivity contribution in [3.63, 3.8) is 0 Å². The summed E-state index contributed by atoms with van der Waals surface area (Å²) in [6, 6.07) is 0. The van der Waals surface area contributed by atoms with Gasteiger partial charge in [-0.25, -0.2) is 0 Å². The van der Waals surface area contributed by atoms with Crippen LogP contribution in [0.15, 0.2) is 0 Å². The van der Waals surface area contributed by atoms with Crippen molar-refractivity contribution < 1.29 is 0 Å². The van der Waals surface area contributed by atoms with E-state index in [-0.39, 0.29) is 5.54 Å². The molecule has 1 saturated carbocycles. The maximum atomic E-state index is 4.61. The van der Waals surface area contributed by atoms with E-state index in [1.165, 1.54) is 25.7 Å². The summed E-state index contributed by atoms with van der Waals surface area (Å²) < 4.78 is 0. The molecule has 1 saturated heterocycles. The van der Waals surface area contributed by atoms with Gasteiger partial charge in [0, 0.05) is 25.7 Å². The van der Waals surface area contributed by atoms with Gasteiger partial charge in [-0.15, -0.1) is 0 Å². The normalized spacial score (nSPS) is 19.2. The smallest absolute Gasteiger partial charge is 0.231 e. The summed E-state index contributed by atoms with van der Waals surface area (Å²) in [5.74, 6) is 2.84. The molecule has 1 aliphatic carbocycles. The second-order valence-corrected chi connectivity index (χ2v) is 6.35. The molecule has 0 bridgehead atoms. The number of nitrogens with zero attached hydrogens (tertiary/aromatic N) is 4. The molecule has 0 atom stereocenters. The summed E-state index contributed by atoms with van der Waals surface area (Å²) in [4.78, 5) is 15.8. The predicted octanol–water partition coefficient (Wildman–Crippen LogP) is 2.11. The first kappa shape index (κ1) is 13.4. The topological polar surface area (TPSA) is 66.0 Å². The van der Waals surface area contributed by atoms with Crippen molar-refractivity contribution in [3.8, 4) is 0 Å². The summed E-state index contributed by atoms with van der Waals surface area (Å²) in [5, 5.41) is 6.52. The van der Waals surface area contributed by atoms with Crippen molar-refractivity contribution in [1.82, 2.24) is 15.0 Å². The highest BCUT2D eigenvalue weighted by Gasteiger charge is 2.38. The summed E-state index contributed by atoms with van der Waals surface area (Å²) >= 11 is 0. The first-order valence-corrected chi connectivity index (χ1v) is 7.55. The highest BCUT2D eigenvalue weighted by atomic mass is 15.3. The van der Waals surface area contributed by atoms with E-state index in [1.54, 1.807) is 0 Å². The summed E-state index contributed by atoms with van der Waals surface area (Å²) in [5.41, 5.74) is 0.0502. The number of rotatable bonds is 5. The third-order valence-corrected chi connectivity index (χ3v) is 4.27. The van der Waals surface area contributed by atoms with Crippen molar-refractivity contribution in [2.45, 2.75) is 45.1 Å².